The minimum atomic E-state index is -0.440. The lowest BCUT2D eigenvalue weighted by atomic mass is 10.2. The fraction of sp³-hybridized carbons (Fsp3) is 0.182. The highest BCUT2D eigenvalue weighted by Gasteiger charge is 2.14. The topological polar surface area (TPSA) is 98.5 Å². The summed E-state index contributed by atoms with van der Waals surface area (Å²) in [5, 5.41) is 30.2. The van der Waals surface area contributed by atoms with Crippen LogP contribution in [0.2, 0.25) is 0 Å². The van der Waals surface area contributed by atoms with Gasteiger partial charge in [-0.1, -0.05) is 0 Å². The molecule has 0 atom stereocenters. The van der Waals surface area contributed by atoms with Gasteiger partial charge in [-0.05, 0) is 24.3 Å². The number of nitrogens with one attached hydrogen (secondary N) is 1. The summed E-state index contributed by atoms with van der Waals surface area (Å²) in [6.45, 7) is -0.212. The highest BCUT2D eigenvalue weighted by Crippen LogP contribution is 2.20. The number of hydrogen-bond acceptors (Lipinski definition) is 4. The van der Waals surface area contributed by atoms with Crippen molar-refractivity contribution in [2.75, 3.05) is 6.61 Å². The van der Waals surface area contributed by atoms with Gasteiger partial charge in [0.1, 0.15) is 5.75 Å². The Morgan fingerprint density at radius 2 is 1.82 bits per heavy atom. The number of nitrogens with zero attached hydrogens (tertiary/aromatic N) is 1. The first-order valence-electron chi connectivity index (χ1n) is 5.06. The van der Waals surface area contributed by atoms with Crippen LogP contribution in [0.5, 0.6) is 11.6 Å². The summed E-state index contributed by atoms with van der Waals surface area (Å²) in [5.74, 6) is -0.131. The first-order chi connectivity index (χ1) is 8.13. The third-order valence-electron chi connectivity index (χ3n) is 2.44. The Morgan fingerprint density at radius 3 is 2.41 bits per heavy atom. The molecule has 0 fully saturated rings. The molecule has 2 rings (SSSR count). The zero-order valence-electron chi connectivity index (χ0n) is 8.92. The molecule has 6 nitrogen and oxygen atoms in total. The van der Waals surface area contributed by atoms with Crippen molar-refractivity contribution in [1.82, 2.24) is 9.78 Å². The Balaban J connectivity index is 2.50. The monoisotopic (exact) mass is 236 g/mol. The van der Waals surface area contributed by atoms with E-state index in [-0.39, 0.29) is 30.2 Å². The Morgan fingerprint density at radius 1 is 1.18 bits per heavy atom. The fourth-order valence-electron chi connectivity index (χ4n) is 1.58. The zero-order valence-corrected chi connectivity index (χ0v) is 8.92. The summed E-state index contributed by atoms with van der Waals surface area (Å²) in [6.07, 6.45) is 0.0895. The van der Waals surface area contributed by atoms with Crippen molar-refractivity contribution in [2.45, 2.75) is 6.42 Å². The molecule has 0 bridgehead atoms. The van der Waals surface area contributed by atoms with Crippen LogP contribution in [0.15, 0.2) is 29.1 Å². The van der Waals surface area contributed by atoms with Gasteiger partial charge >= 0.3 is 0 Å². The van der Waals surface area contributed by atoms with Crippen LogP contribution in [0, 0.1) is 0 Å². The third kappa shape index (κ3) is 2.02. The smallest absolute Gasteiger partial charge is 0.271 e. The molecule has 1 heterocycles. The normalized spacial score (nSPS) is 10.6. The molecule has 1 aromatic carbocycles. The van der Waals surface area contributed by atoms with Crippen LogP contribution in [0.4, 0.5) is 0 Å². The number of rotatable bonds is 3. The Kier molecular flexibility index (Phi) is 2.88. The summed E-state index contributed by atoms with van der Waals surface area (Å²) in [7, 11) is 0. The molecule has 0 radical (unpaired) electrons. The van der Waals surface area contributed by atoms with E-state index >= 15 is 0 Å². The number of aromatic nitrogens is 2. The summed E-state index contributed by atoms with van der Waals surface area (Å²) in [5.41, 5.74) is 0.215. The molecule has 0 amide bonds. The summed E-state index contributed by atoms with van der Waals surface area (Å²) >= 11 is 0. The largest absolute Gasteiger partial charge is 0.508 e. The van der Waals surface area contributed by atoms with E-state index in [4.69, 9.17) is 10.2 Å². The highest BCUT2D eigenvalue weighted by atomic mass is 16.3. The minimum absolute atomic E-state index is 0.0895. The van der Waals surface area contributed by atoms with Gasteiger partial charge in [-0.15, -0.1) is 0 Å². The number of H-pyrrole nitrogens is 1. The van der Waals surface area contributed by atoms with Crippen LogP contribution < -0.4 is 5.56 Å². The lowest BCUT2D eigenvalue weighted by Gasteiger charge is -2.04. The van der Waals surface area contributed by atoms with Crippen LogP contribution in [0.3, 0.4) is 0 Å². The van der Waals surface area contributed by atoms with Gasteiger partial charge < -0.3 is 15.3 Å². The molecule has 17 heavy (non-hydrogen) atoms. The molecule has 1 aromatic heterocycles. The molecule has 0 saturated carbocycles. The van der Waals surface area contributed by atoms with Crippen molar-refractivity contribution >= 4 is 0 Å². The van der Waals surface area contributed by atoms with E-state index in [1.165, 1.54) is 16.8 Å². The number of aromatic hydroxyl groups is 2. The molecule has 0 saturated heterocycles. The molecule has 2 aromatic rings. The van der Waals surface area contributed by atoms with Crippen LogP contribution >= 0.6 is 0 Å². The Labute approximate surface area is 96.4 Å². The van der Waals surface area contributed by atoms with E-state index in [1.54, 1.807) is 12.1 Å². The van der Waals surface area contributed by atoms with Crippen LogP contribution in [0.1, 0.15) is 5.56 Å². The Bertz CT molecular complexity index is 568. The van der Waals surface area contributed by atoms with Crippen molar-refractivity contribution in [2.24, 2.45) is 0 Å². The maximum atomic E-state index is 11.5. The van der Waals surface area contributed by atoms with E-state index in [2.05, 4.69) is 5.10 Å². The molecule has 90 valence electrons. The van der Waals surface area contributed by atoms with Gasteiger partial charge in [0.05, 0.1) is 11.3 Å². The molecule has 4 N–H and O–H groups in total. The van der Waals surface area contributed by atoms with Crippen LogP contribution in [-0.4, -0.2) is 31.7 Å². The molecule has 0 aliphatic rings. The van der Waals surface area contributed by atoms with E-state index in [0.717, 1.165) is 0 Å². The van der Waals surface area contributed by atoms with Gasteiger partial charge in [-0.25, -0.2) is 4.68 Å². The maximum Gasteiger partial charge on any atom is 0.271 e. The Hall–Kier alpha value is -2.21. The molecule has 6 heteroatoms. The predicted molar refractivity (Wildman–Crippen MR) is 60.5 cm³/mol. The van der Waals surface area contributed by atoms with Gasteiger partial charge in [0.2, 0.25) is 5.88 Å². The van der Waals surface area contributed by atoms with Gasteiger partial charge in [0.25, 0.3) is 5.56 Å². The van der Waals surface area contributed by atoms with Crippen molar-refractivity contribution < 1.29 is 15.3 Å². The molecule has 0 aliphatic heterocycles. The summed E-state index contributed by atoms with van der Waals surface area (Å²) < 4.78 is 1.20. The number of hydrogen-bond donors (Lipinski definition) is 4. The number of aromatic amines is 1. The lowest BCUT2D eigenvalue weighted by molar-refractivity contribution is 0.296. The molecule has 0 unspecified atom stereocenters. The molecule has 0 spiro atoms. The first kappa shape index (κ1) is 11.3. The average molecular weight is 236 g/mol. The maximum absolute atomic E-state index is 11.5. The average Bonchev–Trinajstić information content (AvgIpc) is 2.59. The van der Waals surface area contributed by atoms with Gasteiger partial charge in [0.15, 0.2) is 0 Å². The van der Waals surface area contributed by atoms with Crippen molar-refractivity contribution in [3.63, 3.8) is 0 Å². The second-order valence-electron chi connectivity index (χ2n) is 3.57. The van der Waals surface area contributed by atoms with Gasteiger partial charge in [-0.2, -0.15) is 0 Å². The first-order valence-corrected chi connectivity index (χ1v) is 5.06. The fourth-order valence-corrected chi connectivity index (χ4v) is 1.58. The highest BCUT2D eigenvalue weighted by molar-refractivity contribution is 5.40. The predicted octanol–water partition coefficient (Wildman–Crippen LogP) is 0.112. The van der Waals surface area contributed by atoms with Crippen molar-refractivity contribution in [1.29, 1.82) is 0 Å². The van der Waals surface area contributed by atoms with E-state index in [0.29, 0.717) is 5.69 Å². The zero-order chi connectivity index (χ0) is 12.4. The van der Waals surface area contributed by atoms with Crippen LogP contribution in [0.25, 0.3) is 5.69 Å². The van der Waals surface area contributed by atoms with Gasteiger partial charge in [-0.3, -0.25) is 9.89 Å². The summed E-state index contributed by atoms with van der Waals surface area (Å²) in [4.78, 5) is 11.5. The summed E-state index contributed by atoms with van der Waals surface area (Å²) in [6, 6.07) is 5.99. The van der Waals surface area contributed by atoms with Gasteiger partial charge in [0, 0.05) is 13.0 Å². The van der Waals surface area contributed by atoms with Crippen LogP contribution in [-0.2, 0) is 6.42 Å². The van der Waals surface area contributed by atoms with E-state index in [9.17, 15) is 9.90 Å². The standard InChI is InChI=1S/C11H12N2O4/c14-6-5-9-10(16)12-13(11(9)17)7-1-3-8(15)4-2-7/h1-4,14-15,17H,5-6H2,(H,12,16). The molecular formula is C11H12N2O4. The second kappa shape index (κ2) is 4.34. The third-order valence-corrected chi connectivity index (χ3v) is 2.44. The number of phenols is 1. The number of phenolic OH excluding ortho intramolecular Hbond substituents is 1. The number of aliphatic hydroxyl groups is 1. The minimum Gasteiger partial charge on any atom is -0.508 e. The SMILES string of the molecule is O=c1[nH]n(-c2ccc(O)cc2)c(O)c1CCO. The number of aliphatic hydroxyl groups excluding tert-OH is 1. The lowest BCUT2D eigenvalue weighted by Crippen LogP contribution is -2.08. The molecular weight excluding hydrogens is 224 g/mol. The number of benzene rings is 1. The van der Waals surface area contributed by atoms with E-state index < -0.39 is 5.56 Å². The van der Waals surface area contributed by atoms with E-state index in [1.807, 2.05) is 0 Å². The molecule has 0 aliphatic carbocycles. The van der Waals surface area contributed by atoms with Crippen molar-refractivity contribution in [3.8, 4) is 17.3 Å². The van der Waals surface area contributed by atoms with Crippen molar-refractivity contribution in [3.05, 3.63) is 40.2 Å². The quantitative estimate of drug-likeness (QED) is 0.608. The second-order valence-corrected chi connectivity index (χ2v) is 3.57.